The Bertz CT molecular complexity index is 128. The van der Waals surface area contributed by atoms with Crippen LogP contribution in [0.15, 0.2) is 0 Å². The molecule has 66 valence electrons. The SMILES string of the molecule is CC1C[C@H](N)C(O)C(O)[C@@H]1O. The molecule has 3 unspecified atom stereocenters. The van der Waals surface area contributed by atoms with E-state index < -0.39 is 24.4 Å². The van der Waals surface area contributed by atoms with E-state index in [-0.39, 0.29) is 5.92 Å². The first-order valence-electron chi connectivity index (χ1n) is 3.84. The first-order valence-corrected chi connectivity index (χ1v) is 3.84. The first-order chi connectivity index (χ1) is 5.04. The van der Waals surface area contributed by atoms with Gasteiger partial charge in [-0.15, -0.1) is 0 Å². The molecule has 0 saturated heterocycles. The fraction of sp³-hybridized carbons (Fsp3) is 1.00. The predicted octanol–water partition coefficient (Wildman–Crippen LogP) is -1.56. The average molecular weight is 161 g/mol. The maximum absolute atomic E-state index is 9.27. The summed E-state index contributed by atoms with van der Waals surface area (Å²) >= 11 is 0. The molecule has 5 N–H and O–H groups in total. The minimum Gasteiger partial charge on any atom is -0.390 e. The number of aliphatic hydroxyl groups excluding tert-OH is 3. The average Bonchev–Trinajstić information content (AvgIpc) is 1.97. The van der Waals surface area contributed by atoms with Crippen molar-refractivity contribution in [2.75, 3.05) is 0 Å². The third kappa shape index (κ3) is 1.54. The van der Waals surface area contributed by atoms with Crippen LogP contribution in [0.2, 0.25) is 0 Å². The monoisotopic (exact) mass is 161 g/mol. The van der Waals surface area contributed by atoms with Crippen molar-refractivity contribution in [1.82, 2.24) is 0 Å². The number of aliphatic hydroxyl groups is 3. The Kier molecular flexibility index (Phi) is 2.49. The summed E-state index contributed by atoms with van der Waals surface area (Å²) in [5.41, 5.74) is 5.50. The molecule has 5 atom stereocenters. The second kappa shape index (κ2) is 3.06. The Balaban J connectivity index is 2.63. The van der Waals surface area contributed by atoms with Crippen molar-refractivity contribution in [3.8, 4) is 0 Å². The lowest BCUT2D eigenvalue weighted by Crippen LogP contribution is -2.55. The van der Waals surface area contributed by atoms with E-state index in [4.69, 9.17) is 5.73 Å². The summed E-state index contributed by atoms with van der Waals surface area (Å²) in [6.07, 6.45) is -2.36. The van der Waals surface area contributed by atoms with Crippen LogP contribution in [-0.4, -0.2) is 39.7 Å². The van der Waals surface area contributed by atoms with Crippen molar-refractivity contribution in [3.63, 3.8) is 0 Å². The summed E-state index contributed by atoms with van der Waals surface area (Å²) in [5, 5.41) is 27.7. The van der Waals surface area contributed by atoms with Crippen LogP contribution in [0, 0.1) is 5.92 Å². The molecular weight excluding hydrogens is 146 g/mol. The van der Waals surface area contributed by atoms with Gasteiger partial charge in [0.1, 0.15) is 6.10 Å². The van der Waals surface area contributed by atoms with Gasteiger partial charge in [0.05, 0.1) is 12.2 Å². The van der Waals surface area contributed by atoms with Crippen molar-refractivity contribution >= 4 is 0 Å². The maximum Gasteiger partial charge on any atom is 0.107 e. The van der Waals surface area contributed by atoms with Crippen LogP contribution < -0.4 is 5.73 Å². The second-order valence-corrected chi connectivity index (χ2v) is 3.35. The maximum atomic E-state index is 9.27. The van der Waals surface area contributed by atoms with Gasteiger partial charge in [-0.05, 0) is 12.3 Å². The molecule has 0 radical (unpaired) electrons. The van der Waals surface area contributed by atoms with Crippen LogP contribution in [-0.2, 0) is 0 Å². The zero-order valence-electron chi connectivity index (χ0n) is 6.51. The Hall–Kier alpha value is -0.160. The molecule has 0 aromatic carbocycles. The van der Waals surface area contributed by atoms with Crippen LogP contribution in [0.25, 0.3) is 0 Å². The highest BCUT2D eigenvalue weighted by molar-refractivity contribution is 4.92. The molecule has 0 heterocycles. The largest absolute Gasteiger partial charge is 0.390 e. The standard InChI is InChI=1S/C7H15NO3/c1-3-2-4(8)6(10)7(11)5(3)9/h3-7,9-11H,2,8H2,1H3/t3?,4-,5+,6?,7?/m0/s1. The van der Waals surface area contributed by atoms with Crippen molar-refractivity contribution in [1.29, 1.82) is 0 Å². The molecule has 11 heavy (non-hydrogen) atoms. The molecule has 1 saturated carbocycles. The molecule has 1 rings (SSSR count). The summed E-state index contributed by atoms with van der Waals surface area (Å²) in [4.78, 5) is 0. The predicted molar refractivity (Wildman–Crippen MR) is 39.8 cm³/mol. The molecule has 4 heteroatoms. The van der Waals surface area contributed by atoms with Gasteiger partial charge in [-0.1, -0.05) is 6.92 Å². The summed E-state index contributed by atoms with van der Waals surface area (Å²) in [6.45, 7) is 1.81. The van der Waals surface area contributed by atoms with E-state index in [2.05, 4.69) is 0 Å². The summed E-state index contributed by atoms with van der Waals surface area (Å²) in [7, 11) is 0. The molecule has 0 bridgehead atoms. The van der Waals surface area contributed by atoms with Crippen LogP contribution in [0.3, 0.4) is 0 Å². The molecule has 0 spiro atoms. The number of rotatable bonds is 0. The number of nitrogens with two attached hydrogens (primary N) is 1. The Morgan fingerprint density at radius 3 is 2.18 bits per heavy atom. The minimum absolute atomic E-state index is 0.0385. The molecule has 0 aromatic heterocycles. The zero-order valence-corrected chi connectivity index (χ0v) is 6.51. The van der Waals surface area contributed by atoms with Gasteiger partial charge in [0.2, 0.25) is 0 Å². The Morgan fingerprint density at radius 2 is 1.64 bits per heavy atom. The molecular formula is C7H15NO3. The highest BCUT2D eigenvalue weighted by atomic mass is 16.4. The number of hydrogen-bond acceptors (Lipinski definition) is 4. The molecule has 1 fully saturated rings. The highest BCUT2D eigenvalue weighted by Gasteiger charge is 2.38. The quantitative estimate of drug-likeness (QED) is 0.346. The molecule has 0 aromatic rings. The Morgan fingerprint density at radius 1 is 1.09 bits per heavy atom. The van der Waals surface area contributed by atoms with E-state index in [0.29, 0.717) is 6.42 Å². The van der Waals surface area contributed by atoms with E-state index in [0.717, 1.165) is 0 Å². The van der Waals surface area contributed by atoms with E-state index in [1.165, 1.54) is 0 Å². The van der Waals surface area contributed by atoms with E-state index >= 15 is 0 Å². The minimum atomic E-state index is -1.09. The van der Waals surface area contributed by atoms with Crippen molar-refractivity contribution in [3.05, 3.63) is 0 Å². The summed E-state index contributed by atoms with van der Waals surface area (Å²) in [5.74, 6) is -0.0385. The second-order valence-electron chi connectivity index (χ2n) is 3.35. The zero-order chi connectivity index (χ0) is 8.59. The van der Waals surface area contributed by atoms with Gasteiger partial charge >= 0.3 is 0 Å². The highest BCUT2D eigenvalue weighted by Crippen LogP contribution is 2.23. The normalized spacial score (nSPS) is 52.6. The van der Waals surface area contributed by atoms with Gasteiger partial charge in [0.25, 0.3) is 0 Å². The lowest BCUT2D eigenvalue weighted by Gasteiger charge is -2.37. The van der Waals surface area contributed by atoms with Gasteiger partial charge in [-0.3, -0.25) is 0 Å². The molecule has 1 aliphatic rings. The van der Waals surface area contributed by atoms with Crippen LogP contribution in [0.5, 0.6) is 0 Å². The molecule has 1 aliphatic carbocycles. The third-order valence-electron chi connectivity index (χ3n) is 2.37. The van der Waals surface area contributed by atoms with E-state index in [1.54, 1.807) is 6.92 Å². The smallest absolute Gasteiger partial charge is 0.107 e. The van der Waals surface area contributed by atoms with Gasteiger partial charge in [0, 0.05) is 6.04 Å². The van der Waals surface area contributed by atoms with E-state index in [1.807, 2.05) is 0 Å². The van der Waals surface area contributed by atoms with Crippen molar-refractivity contribution < 1.29 is 15.3 Å². The fourth-order valence-electron chi connectivity index (χ4n) is 1.50. The van der Waals surface area contributed by atoms with Crippen molar-refractivity contribution in [2.24, 2.45) is 11.7 Å². The number of hydrogen-bond donors (Lipinski definition) is 4. The van der Waals surface area contributed by atoms with Gasteiger partial charge in [-0.2, -0.15) is 0 Å². The molecule has 0 aliphatic heterocycles. The van der Waals surface area contributed by atoms with Gasteiger partial charge in [0.15, 0.2) is 0 Å². The van der Waals surface area contributed by atoms with Crippen LogP contribution >= 0.6 is 0 Å². The Labute approximate surface area is 65.6 Å². The first kappa shape index (κ1) is 8.93. The van der Waals surface area contributed by atoms with Crippen LogP contribution in [0.1, 0.15) is 13.3 Å². The third-order valence-corrected chi connectivity index (χ3v) is 2.37. The topological polar surface area (TPSA) is 86.7 Å². The lowest BCUT2D eigenvalue weighted by molar-refractivity contribution is -0.114. The summed E-state index contributed by atoms with van der Waals surface area (Å²) in [6, 6.07) is -0.414. The van der Waals surface area contributed by atoms with Crippen LogP contribution in [0.4, 0.5) is 0 Å². The fourth-order valence-corrected chi connectivity index (χ4v) is 1.50. The molecule has 4 nitrogen and oxygen atoms in total. The molecule has 0 amide bonds. The van der Waals surface area contributed by atoms with E-state index in [9.17, 15) is 15.3 Å². The van der Waals surface area contributed by atoms with Gasteiger partial charge in [-0.25, -0.2) is 0 Å². The van der Waals surface area contributed by atoms with Gasteiger partial charge < -0.3 is 21.1 Å². The summed E-state index contributed by atoms with van der Waals surface area (Å²) < 4.78 is 0. The van der Waals surface area contributed by atoms with Crippen molar-refractivity contribution in [2.45, 2.75) is 37.7 Å². The lowest BCUT2D eigenvalue weighted by atomic mass is 9.81.